The van der Waals surface area contributed by atoms with Crippen LogP contribution in [0.15, 0.2) is 57.6 Å². The minimum atomic E-state index is -0.497. The maximum Gasteiger partial charge on any atom is 0.363 e. The molecule has 0 fully saturated rings. The van der Waals surface area contributed by atoms with Gasteiger partial charge in [-0.1, -0.05) is 18.2 Å². The molecule has 2 aromatic carbocycles. The first-order valence-electron chi connectivity index (χ1n) is 7.12. The van der Waals surface area contributed by atoms with Crippen LogP contribution in [-0.4, -0.2) is 26.1 Å². The number of rotatable bonds is 4. The van der Waals surface area contributed by atoms with Gasteiger partial charge in [0.15, 0.2) is 5.70 Å². The lowest BCUT2D eigenvalue weighted by atomic mass is 10.1. The van der Waals surface area contributed by atoms with E-state index >= 15 is 0 Å². The molecule has 0 atom stereocenters. The summed E-state index contributed by atoms with van der Waals surface area (Å²) in [5, 5.41) is 0. The van der Waals surface area contributed by atoms with Crippen molar-refractivity contribution in [2.24, 2.45) is 4.99 Å². The monoisotopic (exact) mass is 387 g/mol. The number of methoxy groups -OCH3 is 2. The van der Waals surface area contributed by atoms with Crippen LogP contribution in [0, 0.1) is 0 Å². The molecule has 0 aromatic heterocycles. The van der Waals surface area contributed by atoms with E-state index in [1.165, 1.54) is 0 Å². The second-order valence-electron chi connectivity index (χ2n) is 4.93. The Morgan fingerprint density at radius 2 is 1.83 bits per heavy atom. The van der Waals surface area contributed by atoms with Gasteiger partial charge in [-0.25, -0.2) is 9.79 Å². The smallest absolute Gasteiger partial charge is 0.363 e. The van der Waals surface area contributed by atoms with Gasteiger partial charge in [0.25, 0.3) is 0 Å². The lowest BCUT2D eigenvalue weighted by Crippen LogP contribution is -2.05. The number of esters is 1. The maximum atomic E-state index is 12.1. The van der Waals surface area contributed by atoms with Gasteiger partial charge >= 0.3 is 5.97 Å². The molecule has 1 heterocycles. The van der Waals surface area contributed by atoms with Crippen molar-refractivity contribution >= 4 is 33.9 Å². The first-order chi connectivity index (χ1) is 11.6. The Balaban J connectivity index is 1.96. The molecule has 0 bridgehead atoms. The van der Waals surface area contributed by atoms with Crippen LogP contribution in [0.25, 0.3) is 6.08 Å². The summed E-state index contributed by atoms with van der Waals surface area (Å²) in [7, 11) is 3.16. The van der Waals surface area contributed by atoms with Gasteiger partial charge in [0, 0.05) is 11.1 Å². The average Bonchev–Trinajstić information content (AvgIpc) is 2.96. The van der Waals surface area contributed by atoms with E-state index in [-0.39, 0.29) is 11.6 Å². The molecule has 0 spiro atoms. The summed E-state index contributed by atoms with van der Waals surface area (Å²) in [5.41, 5.74) is 1.66. The minimum Gasteiger partial charge on any atom is -0.496 e. The van der Waals surface area contributed by atoms with Crippen LogP contribution in [0.3, 0.4) is 0 Å². The highest BCUT2D eigenvalue weighted by molar-refractivity contribution is 9.10. The number of para-hydroxylation sites is 1. The predicted octanol–water partition coefficient (Wildman–Crippen LogP) is 3.81. The van der Waals surface area contributed by atoms with Crippen molar-refractivity contribution in [3.8, 4) is 11.5 Å². The third-order valence-corrected chi connectivity index (χ3v) is 4.07. The second kappa shape index (κ2) is 6.88. The molecule has 122 valence electrons. The molecule has 6 heteroatoms. The standard InChI is InChI=1S/C18H14BrNO4/c1-22-15-6-4-3-5-11(15)10-14-18(21)24-17(20-14)12-7-8-16(23-2)13(19)9-12/h3-10H,1-2H3/b14-10-. The Kier molecular flexibility index (Phi) is 4.66. The molecule has 0 saturated carbocycles. The molecule has 0 amide bonds. The van der Waals surface area contributed by atoms with Crippen molar-refractivity contribution in [3.63, 3.8) is 0 Å². The van der Waals surface area contributed by atoms with Gasteiger partial charge in [0.05, 0.1) is 18.7 Å². The highest BCUT2D eigenvalue weighted by atomic mass is 79.9. The first-order valence-corrected chi connectivity index (χ1v) is 7.91. The number of carbonyl (C=O) groups is 1. The molecule has 0 unspecified atom stereocenters. The summed E-state index contributed by atoms with van der Waals surface area (Å²) in [6, 6.07) is 12.7. The quantitative estimate of drug-likeness (QED) is 0.591. The van der Waals surface area contributed by atoms with Crippen molar-refractivity contribution in [2.45, 2.75) is 0 Å². The molecular weight excluding hydrogens is 374 g/mol. The number of nitrogens with zero attached hydrogens (tertiary/aromatic N) is 1. The number of benzene rings is 2. The van der Waals surface area contributed by atoms with E-state index < -0.39 is 5.97 Å². The van der Waals surface area contributed by atoms with Gasteiger partial charge in [-0.3, -0.25) is 0 Å². The fourth-order valence-electron chi connectivity index (χ4n) is 2.27. The number of carbonyl (C=O) groups excluding carboxylic acids is 1. The van der Waals surface area contributed by atoms with Crippen LogP contribution < -0.4 is 9.47 Å². The number of hydrogen-bond acceptors (Lipinski definition) is 5. The van der Waals surface area contributed by atoms with Crippen LogP contribution in [0.2, 0.25) is 0 Å². The summed E-state index contributed by atoms with van der Waals surface area (Å²) in [6.07, 6.45) is 1.65. The fraction of sp³-hybridized carbons (Fsp3) is 0.111. The van der Waals surface area contributed by atoms with Crippen LogP contribution in [0.5, 0.6) is 11.5 Å². The van der Waals surface area contributed by atoms with E-state index in [0.717, 1.165) is 10.0 Å². The number of halogens is 1. The topological polar surface area (TPSA) is 57.1 Å². The van der Waals surface area contributed by atoms with E-state index in [1.54, 1.807) is 38.5 Å². The van der Waals surface area contributed by atoms with Gasteiger partial charge in [0.2, 0.25) is 5.90 Å². The highest BCUT2D eigenvalue weighted by Gasteiger charge is 2.25. The van der Waals surface area contributed by atoms with Crippen LogP contribution in [-0.2, 0) is 9.53 Å². The fourth-order valence-corrected chi connectivity index (χ4v) is 2.81. The molecule has 0 radical (unpaired) electrons. The highest BCUT2D eigenvalue weighted by Crippen LogP contribution is 2.28. The Morgan fingerprint density at radius 1 is 1.08 bits per heavy atom. The molecule has 5 nitrogen and oxygen atoms in total. The lowest BCUT2D eigenvalue weighted by molar-refractivity contribution is -0.129. The van der Waals surface area contributed by atoms with E-state index in [1.807, 2.05) is 24.3 Å². The number of aliphatic imine (C=N–C) groups is 1. The summed E-state index contributed by atoms with van der Waals surface area (Å²) in [4.78, 5) is 16.4. The first kappa shape index (κ1) is 16.3. The molecule has 3 rings (SSSR count). The van der Waals surface area contributed by atoms with E-state index in [0.29, 0.717) is 17.1 Å². The van der Waals surface area contributed by atoms with Gasteiger partial charge in [-0.2, -0.15) is 0 Å². The normalized spacial score (nSPS) is 15.2. The van der Waals surface area contributed by atoms with E-state index in [4.69, 9.17) is 14.2 Å². The van der Waals surface area contributed by atoms with Crippen LogP contribution in [0.4, 0.5) is 0 Å². The van der Waals surface area contributed by atoms with Crippen molar-refractivity contribution in [1.82, 2.24) is 0 Å². The predicted molar refractivity (Wildman–Crippen MR) is 94.3 cm³/mol. The van der Waals surface area contributed by atoms with Crippen molar-refractivity contribution < 1.29 is 19.0 Å². The summed E-state index contributed by atoms with van der Waals surface area (Å²) in [5.74, 6) is 1.11. The molecular formula is C18H14BrNO4. The van der Waals surface area contributed by atoms with E-state index in [2.05, 4.69) is 20.9 Å². The SMILES string of the molecule is COc1ccc(C2=N/C(=C\c3ccccc3OC)C(=O)O2)cc1Br. The third-order valence-electron chi connectivity index (χ3n) is 3.45. The summed E-state index contributed by atoms with van der Waals surface area (Å²) in [6.45, 7) is 0. The second-order valence-corrected chi connectivity index (χ2v) is 5.78. The van der Waals surface area contributed by atoms with Crippen LogP contribution in [0.1, 0.15) is 11.1 Å². The van der Waals surface area contributed by atoms with Gasteiger partial charge < -0.3 is 14.2 Å². The van der Waals surface area contributed by atoms with Crippen molar-refractivity contribution in [1.29, 1.82) is 0 Å². The third kappa shape index (κ3) is 3.19. The van der Waals surface area contributed by atoms with Crippen molar-refractivity contribution in [2.75, 3.05) is 14.2 Å². The maximum absolute atomic E-state index is 12.1. The zero-order chi connectivity index (χ0) is 17.1. The van der Waals surface area contributed by atoms with E-state index in [9.17, 15) is 4.79 Å². The molecule has 24 heavy (non-hydrogen) atoms. The molecule has 0 aliphatic carbocycles. The number of hydrogen-bond donors (Lipinski definition) is 0. The zero-order valence-corrected chi connectivity index (χ0v) is 14.7. The lowest BCUT2D eigenvalue weighted by Gasteiger charge is -2.05. The van der Waals surface area contributed by atoms with Crippen molar-refractivity contribution in [3.05, 3.63) is 63.8 Å². The summed E-state index contributed by atoms with van der Waals surface area (Å²) < 4.78 is 16.5. The Morgan fingerprint density at radius 3 is 2.54 bits per heavy atom. The summed E-state index contributed by atoms with van der Waals surface area (Å²) >= 11 is 3.41. The Bertz CT molecular complexity index is 858. The van der Waals surface area contributed by atoms with Gasteiger partial charge in [-0.05, 0) is 46.3 Å². The Labute approximate surface area is 147 Å². The molecule has 1 aliphatic heterocycles. The molecule has 0 N–H and O–H groups in total. The number of cyclic esters (lactones) is 1. The average molecular weight is 388 g/mol. The largest absolute Gasteiger partial charge is 0.496 e. The number of ether oxygens (including phenoxy) is 3. The minimum absolute atomic E-state index is 0.224. The molecule has 2 aromatic rings. The molecule has 1 aliphatic rings. The van der Waals surface area contributed by atoms with Gasteiger partial charge in [-0.15, -0.1) is 0 Å². The zero-order valence-electron chi connectivity index (χ0n) is 13.1. The van der Waals surface area contributed by atoms with Crippen LogP contribution >= 0.6 is 15.9 Å². The van der Waals surface area contributed by atoms with Gasteiger partial charge in [0.1, 0.15) is 11.5 Å². The molecule has 0 saturated heterocycles. The Hall–Kier alpha value is -2.60.